The van der Waals surface area contributed by atoms with Crippen LogP contribution >= 0.6 is 11.8 Å². The molecule has 0 aliphatic heterocycles. The Labute approximate surface area is 123 Å². The zero-order chi connectivity index (χ0) is 15.6. The normalized spacial score (nSPS) is 22.3. The Morgan fingerprint density at radius 2 is 2.19 bits per heavy atom. The lowest BCUT2D eigenvalue weighted by Crippen LogP contribution is -2.26. The van der Waals surface area contributed by atoms with Gasteiger partial charge in [0.05, 0.1) is 4.92 Å². The van der Waals surface area contributed by atoms with Gasteiger partial charge in [-0.3, -0.25) is 10.1 Å². The number of rotatable bonds is 4. The average molecular weight is 321 g/mol. The second kappa shape index (κ2) is 6.08. The number of hydrogen-bond donors (Lipinski definition) is 1. The lowest BCUT2D eigenvalue weighted by atomic mass is 10.2. The van der Waals surface area contributed by atoms with Gasteiger partial charge in [-0.25, -0.2) is 4.98 Å². The third-order valence-corrected chi connectivity index (χ3v) is 4.64. The summed E-state index contributed by atoms with van der Waals surface area (Å²) in [6.07, 6.45) is 0.644. The molecule has 1 aliphatic carbocycles. The van der Waals surface area contributed by atoms with Crippen molar-refractivity contribution in [3.8, 4) is 0 Å². The number of aromatic nitrogens is 1. The van der Waals surface area contributed by atoms with Crippen LogP contribution in [0.15, 0.2) is 12.3 Å². The molecule has 0 bridgehead atoms. The van der Waals surface area contributed by atoms with E-state index in [9.17, 15) is 23.3 Å². The summed E-state index contributed by atoms with van der Waals surface area (Å²) in [6.45, 7) is 0. The molecule has 1 aromatic rings. The smallest absolute Gasteiger partial charge is 0.376 e. The Bertz CT molecular complexity index is 539. The second-order valence-corrected chi connectivity index (χ2v) is 5.87. The number of nitro groups is 1. The van der Waals surface area contributed by atoms with E-state index < -0.39 is 22.5 Å². The van der Waals surface area contributed by atoms with Crippen molar-refractivity contribution in [2.75, 3.05) is 11.6 Å². The molecule has 0 aromatic carbocycles. The Morgan fingerprint density at radius 1 is 1.48 bits per heavy atom. The van der Waals surface area contributed by atoms with Crippen LogP contribution in [0.4, 0.5) is 24.5 Å². The first-order valence-electron chi connectivity index (χ1n) is 6.34. The topological polar surface area (TPSA) is 68.1 Å². The predicted molar refractivity (Wildman–Crippen MR) is 74.5 cm³/mol. The van der Waals surface area contributed by atoms with Gasteiger partial charge in [-0.05, 0) is 25.2 Å². The fraction of sp³-hybridized carbons (Fsp3) is 0.583. The highest BCUT2D eigenvalue weighted by atomic mass is 32.2. The molecular weight excluding hydrogens is 307 g/mol. The number of alkyl halides is 3. The van der Waals surface area contributed by atoms with Crippen LogP contribution in [-0.4, -0.2) is 27.5 Å². The fourth-order valence-electron chi connectivity index (χ4n) is 2.44. The van der Waals surface area contributed by atoms with Crippen molar-refractivity contribution in [2.45, 2.75) is 36.7 Å². The first-order valence-corrected chi connectivity index (χ1v) is 7.62. The van der Waals surface area contributed by atoms with Crippen molar-refractivity contribution in [3.05, 3.63) is 28.1 Å². The number of thioether (sulfide) groups is 1. The summed E-state index contributed by atoms with van der Waals surface area (Å²) < 4.78 is 38.1. The van der Waals surface area contributed by atoms with E-state index in [0.717, 1.165) is 19.3 Å². The van der Waals surface area contributed by atoms with Crippen LogP contribution in [0, 0.1) is 10.1 Å². The summed E-state index contributed by atoms with van der Waals surface area (Å²) in [6, 6.07) is 0.649. The zero-order valence-electron chi connectivity index (χ0n) is 11.2. The first-order chi connectivity index (χ1) is 9.82. The molecule has 0 spiro atoms. The molecule has 116 valence electrons. The molecule has 1 saturated carbocycles. The standard InChI is InChI=1S/C12H14F3N3O2S/c1-21-10-4-2-3-7(10)17-8-5-11(12(13,14)15)16-6-9(8)18(19)20/h5-7,10H,2-4H2,1H3,(H,16,17). The van der Waals surface area contributed by atoms with E-state index in [4.69, 9.17) is 0 Å². The molecule has 0 radical (unpaired) electrons. The zero-order valence-corrected chi connectivity index (χ0v) is 12.0. The maximum absolute atomic E-state index is 12.7. The monoisotopic (exact) mass is 321 g/mol. The van der Waals surface area contributed by atoms with E-state index in [1.807, 2.05) is 6.26 Å². The number of halogens is 3. The minimum Gasteiger partial charge on any atom is -0.376 e. The maximum Gasteiger partial charge on any atom is 0.433 e. The highest BCUT2D eigenvalue weighted by molar-refractivity contribution is 7.99. The maximum atomic E-state index is 12.7. The van der Waals surface area contributed by atoms with E-state index in [0.29, 0.717) is 12.3 Å². The SMILES string of the molecule is CSC1CCCC1Nc1cc(C(F)(F)F)ncc1[N+](=O)[O-]. The molecule has 1 aromatic heterocycles. The van der Waals surface area contributed by atoms with Gasteiger partial charge in [0.25, 0.3) is 0 Å². The molecule has 1 aliphatic rings. The molecule has 1 N–H and O–H groups in total. The molecule has 0 amide bonds. The lowest BCUT2D eigenvalue weighted by Gasteiger charge is -2.20. The number of pyridine rings is 1. The van der Waals surface area contributed by atoms with Gasteiger partial charge in [0.1, 0.15) is 17.6 Å². The van der Waals surface area contributed by atoms with Crippen molar-refractivity contribution < 1.29 is 18.1 Å². The summed E-state index contributed by atoms with van der Waals surface area (Å²) in [4.78, 5) is 13.4. The fourth-order valence-corrected chi connectivity index (χ4v) is 3.37. The summed E-state index contributed by atoms with van der Waals surface area (Å²) in [5, 5.41) is 14.1. The molecule has 1 fully saturated rings. The molecular formula is C12H14F3N3O2S. The Morgan fingerprint density at radius 3 is 2.76 bits per heavy atom. The third-order valence-electron chi connectivity index (χ3n) is 3.47. The highest BCUT2D eigenvalue weighted by Gasteiger charge is 2.35. The van der Waals surface area contributed by atoms with Gasteiger partial charge in [-0.15, -0.1) is 0 Å². The summed E-state index contributed by atoms with van der Waals surface area (Å²) in [5.74, 6) is 0. The van der Waals surface area contributed by atoms with E-state index in [2.05, 4.69) is 10.3 Å². The van der Waals surface area contributed by atoms with Crippen LogP contribution in [0.2, 0.25) is 0 Å². The van der Waals surface area contributed by atoms with Crippen LogP contribution < -0.4 is 5.32 Å². The van der Waals surface area contributed by atoms with Gasteiger partial charge in [-0.2, -0.15) is 24.9 Å². The van der Waals surface area contributed by atoms with Gasteiger partial charge >= 0.3 is 11.9 Å². The van der Waals surface area contributed by atoms with Crippen LogP contribution in [0.25, 0.3) is 0 Å². The molecule has 5 nitrogen and oxygen atoms in total. The minimum absolute atomic E-state index is 0.0674. The molecule has 9 heteroatoms. The van der Waals surface area contributed by atoms with E-state index in [1.165, 1.54) is 0 Å². The molecule has 2 atom stereocenters. The third kappa shape index (κ3) is 3.58. The molecule has 2 rings (SSSR count). The second-order valence-electron chi connectivity index (χ2n) is 4.80. The van der Waals surface area contributed by atoms with Gasteiger partial charge in [0.15, 0.2) is 0 Å². The van der Waals surface area contributed by atoms with E-state index in [-0.39, 0.29) is 17.0 Å². The summed E-state index contributed by atoms with van der Waals surface area (Å²) in [5.41, 5.74) is -1.68. The molecule has 2 unspecified atom stereocenters. The number of anilines is 1. The quantitative estimate of drug-likeness (QED) is 0.676. The predicted octanol–water partition coefficient (Wildman–Crippen LogP) is 3.70. The van der Waals surface area contributed by atoms with Gasteiger partial charge in [-0.1, -0.05) is 6.42 Å². The van der Waals surface area contributed by atoms with Gasteiger partial charge in [0, 0.05) is 11.3 Å². The van der Waals surface area contributed by atoms with E-state index >= 15 is 0 Å². The van der Waals surface area contributed by atoms with Crippen LogP contribution in [0.5, 0.6) is 0 Å². The lowest BCUT2D eigenvalue weighted by molar-refractivity contribution is -0.384. The first kappa shape index (κ1) is 15.9. The van der Waals surface area contributed by atoms with Gasteiger partial charge < -0.3 is 5.32 Å². The van der Waals surface area contributed by atoms with Crippen molar-refractivity contribution >= 4 is 23.1 Å². The van der Waals surface area contributed by atoms with Crippen LogP contribution in [0.1, 0.15) is 25.0 Å². The summed E-state index contributed by atoms with van der Waals surface area (Å²) in [7, 11) is 0. The van der Waals surface area contributed by atoms with Crippen molar-refractivity contribution in [2.24, 2.45) is 0 Å². The van der Waals surface area contributed by atoms with Crippen molar-refractivity contribution in [3.63, 3.8) is 0 Å². The molecule has 1 heterocycles. The van der Waals surface area contributed by atoms with Crippen molar-refractivity contribution in [1.82, 2.24) is 4.98 Å². The summed E-state index contributed by atoms with van der Waals surface area (Å²) >= 11 is 1.61. The number of nitrogens with one attached hydrogen (secondary N) is 1. The Hall–Kier alpha value is -1.51. The van der Waals surface area contributed by atoms with Crippen molar-refractivity contribution in [1.29, 1.82) is 0 Å². The Balaban J connectivity index is 2.32. The average Bonchev–Trinajstić information content (AvgIpc) is 2.84. The Kier molecular flexibility index (Phi) is 4.60. The molecule has 0 saturated heterocycles. The number of hydrogen-bond acceptors (Lipinski definition) is 5. The minimum atomic E-state index is -4.62. The largest absolute Gasteiger partial charge is 0.433 e. The van der Waals surface area contributed by atoms with E-state index in [1.54, 1.807) is 11.8 Å². The van der Waals surface area contributed by atoms with Crippen LogP contribution in [-0.2, 0) is 6.18 Å². The molecule has 21 heavy (non-hydrogen) atoms. The highest BCUT2D eigenvalue weighted by Crippen LogP contribution is 2.36. The van der Waals surface area contributed by atoms with Crippen LogP contribution in [0.3, 0.4) is 0 Å². The van der Waals surface area contributed by atoms with Gasteiger partial charge in [0.2, 0.25) is 0 Å². The number of nitrogens with zero attached hydrogens (tertiary/aromatic N) is 2.